The molecule has 1 amide bonds. The molecule has 11 N–H and O–H groups in total. The molecular formula is C77H88Br3N19O6. The zero-order valence-corrected chi connectivity index (χ0v) is 64.2. The molecule has 13 rings (SSSR count). The lowest BCUT2D eigenvalue weighted by Gasteiger charge is -2.35. The van der Waals surface area contributed by atoms with Crippen molar-refractivity contribution >= 4 is 124 Å². The molecule has 105 heavy (non-hydrogen) atoms. The number of rotatable bonds is 15. The van der Waals surface area contributed by atoms with E-state index in [0.717, 1.165) is 107 Å². The number of hydrogen-bond acceptors (Lipinski definition) is 24. The van der Waals surface area contributed by atoms with Crippen LogP contribution in [0.15, 0.2) is 172 Å². The van der Waals surface area contributed by atoms with Gasteiger partial charge in [-0.2, -0.15) is 0 Å². The molecule has 0 spiro atoms. The number of amides is 1. The van der Waals surface area contributed by atoms with Crippen molar-refractivity contribution < 1.29 is 28.7 Å². The zero-order chi connectivity index (χ0) is 74.9. The Labute approximate surface area is 637 Å². The number of anilines is 8. The molecule has 1 aromatic carbocycles. The minimum atomic E-state index is -0.519. The van der Waals surface area contributed by atoms with Gasteiger partial charge in [0.15, 0.2) is 0 Å². The van der Waals surface area contributed by atoms with Crippen LogP contribution in [0, 0.1) is 0 Å². The van der Waals surface area contributed by atoms with Gasteiger partial charge in [0.05, 0.1) is 22.3 Å². The first-order valence-electron chi connectivity index (χ1n) is 34.8. The Bertz CT molecular complexity index is 4510. The monoisotopic (exact) mass is 1610 g/mol. The summed E-state index contributed by atoms with van der Waals surface area (Å²) in [7, 11) is 4.24. The predicted molar refractivity (Wildman–Crippen MR) is 422 cm³/mol. The van der Waals surface area contributed by atoms with E-state index in [1.807, 2.05) is 75.4 Å². The highest BCUT2D eigenvalue weighted by atomic mass is 79.9. The summed E-state index contributed by atoms with van der Waals surface area (Å²) in [5.41, 5.74) is 33.0. The van der Waals surface area contributed by atoms with Crippen molar-refractivity contribution in [2.75, 3.05) is 109 Å². The van der Waals surface area contributed by atoms with Crippen LogP contribution < -0.4 is 53.6 Å². The van der Waals surface area contributed by atoms with Gasteiger partial charge in [-0.05, 0) is 218 Å². The summed E-state index contributed by atoms with van der Waals surface area (Å²) in [4.78, 5) is 108. The van der Waals surface area contributed by atoms with E-state index in [0.29, 0.717) is 83.5 Å². The number of nitrogens with two attached hydrogens (primary N) is 5. The Morgan fingerprint density at radius 3 is 1.27 bits per heavy atom. The van der Waals surface area contributed by atoms with Gasteiger partial charge in [-0.15, -0.1) is 0 Å². The van der Waals surface area contributed by atoms with Crippen LogP contribution in [0.2, 0.25) is 0 Å². The van der Waals surface area contributed by atoms with E-state index in [-0.39, 0.29) is 58.5 Å². The fraction of sp³-hybridized carbons (Fsp3) is 0.338. The summed E-state index contributed by atoms with van der Waals surface area (Å²) in [5.74, 6) is 3.58. The van der Waals surface area contributed by atoms with Crippen LogP contribution in [0.3, 0.4) is 0 Å². The molecule has 0 bridgehead atoms. The van der Waals surface area contributed by atoms with Crippen LogP contribution in [0.5, 0.6) is 0 Å². The van der Waals surface area contributed by atoms with Crippen molar-refractivity contribution in [3.8, 4) is 0 Å². The second kappa shape index (κ2) is 36.2. The second-order valence-corrected chi connectivity index (χ2v) is 29.9. The van der Waals surface area contributed by atoms with Gasteiger partial charge in [-0.25, -0.2) is 44.7 Å². The number of aromatic nitrogens is 8. The lowest BCUT2D eigenvalue weighted by atomic mass is 9.91. The van der Waals surface area contributed by atoms with Crippen molar-refractivity contribution in [3.63, 3.8) is 0 Å². The third-order valence-electron chi connectivity index (χ3n) is 18.3. The van der Waals surface area contributed by atoms with E-state index in [1.165, 1.54) is 12.0 Å². The Morgan fingerprint density at radius 1 is 0.467 bits per heavy atom. The predicted octanol–water partition coefficient (Wildman–Crippen LogP) is 11.8. The number of halogens is 3. The van der Waals surface area contributed by atoms with Gasteiger partial charge >= 0.3 is 6.09 Å². The first kappa shape index (κ1) is 77.7. The standard InChI is InChI=1S/C22H21BrN4O.C21H26BrN5O3.C18H23N5O.C16H18BrN5O/c23-17-12-18(22(24)25-13-17)21(28)19-9-4-10-20(26-19)27-11-5-8-16(14-27)15-6-2-1-3-7-15;1-21(2,3)30-20(29)25-14-7-9-27(10-8-14)17-6-4-5-16(26-17)18(28)15-11-13(22)12-24-19(15)23;1-22(2)13-8-11-23(12-9-13)16-7-3-6-15(21-16)17(24)14-5-4-10-20-18(14)19;17-10-8-12(16(19)20-9-10)15(23)13-2-1-3-14(21-13)22-6-4-11(18)5-7-22/h1-4,6-7,9-10,12-13,16H,5,8,11,14H2,(H2,24,25);4-6,11-12,14H,7-10H2,1-3H3,(H2,23,24)(H,25,29);3-7,10,13H,8-9,11-12H2,1-2H3,(H2,19,20);1-3,8-9,11H,4-7,18H2,(H2,19,20). The van der Waals surface area contributed by atoms with Crippen molar-refractivity contribution in [1.82, 2.24) is 50.1 Å². The molecule has 0 radical (unpaired) electrons. The number of carbonyl (C=O) groups excluding carboxylic acids is 5. The van der Waals surface area contributed by atoms with Gasteiger partial charge in [0.2, 0.25) is 23.1 Å². The quantitative estimate of drug-likeness (QED) is 0.0519. The molecule has 8 aromatic heterocycles. The van der Waals surface area contributed by atoms with Crippen LogP contribution in [-0.2, 0) is 4.74 Å². The number of ketones is 4. The van der Waals surface area contributed by atoms with Gasteiger partial charge in [0, 0.05) is 115 Å². The molecule has 4 aliphatic rings. The SMILES string of the molecule is CC(C)(C)OC(=O)NC1CCN(c2cccc(C(=O)c3cc(Br)cnc3N)n2)CC1.CN(C)C1CCN(c2cccc(C(=O)c3cccnc3N)n2)CC1.Nc1ncc(Br)cc1C(=O)c1cccc(N2CCC(N)CC2)n1.Nc1ncc(Br)cc1C(=O)c1cccc(N2CCCC(c3ccccc3)C2)n1. The molecule has 4 saturated heterocycles. The van der Waals surface area contributed by atoms with E-state index in [1.54, 1.807) is 79.4 Å². The number of ether oxygens (including phenoxy) is 1. The van der Waals surface area contributed by atoms with Crippen LogP contribution in [0.4, 0.5) is 51.3 Å². The fourth-order valence-electron chi connectivity index (χ4n) is 12.6. The number of pyridine rings is 8. The van der Waals surface area contributed by atoms with E-state index < -0.39 is 11.7 Å². The Balaban J connectivity index is 0.000000151. The smallest absolute Gasteiger partial charge is 0.407 e. The van der Waals surface area contributed by atoms with Crippen molar-refractivity contribution in [2.24, 2.45) is 5.73 Å². The van der Waals surface area contributed by atoms with Crippen molar-refractivity contribution in [2.45, 2.75) is 102 Å². The molecule has 1 unspecified atom stereocenters. The summed E-state index contributed by atoms with van der Waals surface area (Å²) < 4.78 is 7.41. The highest BCUT2D eigenvalue weighted by Crippen LogP contribution is 2.32. The number of nitrogens with one attached hydrogen (secondary N) is 1. The third kappa shape index (κ3) is 21.4. The summed E-state index contributed by atoms with van der Waals surface area (Å²) >= 11 is 9.97. The van der Waals surface area contributed by atoms with Gasteiger partial charge < -0.3 is 63.2 Å². The molecule has 12 heterocycles. The molecular weight excluding hydrogens is 1530 g/mol. The van der Waals surface area contributed by atoms with E-state index in [9.17, 15) is 24.0 Å². The summed E-state index contributed by atoms with van der Waals surface area (Å²) in [6.45, 7) is 12.4. The largest absolute Gasteiger partial charge is 0.444 e. The van der Waals surface area contributed by atoms with Crippen LogP contribution >= 0.6 is 47.8 Å². The van der Waals surface area contributed by atoms with E-state index in [2.05, 4.69) is 156 Å². The molecule has 4 aliphatic heterocycles. The number of piperidine rings is 4. The Hall–Kier alpha value is -9.87. The molecule has 0 saturated carbocycles. The molecule has 4 fully saturated rings. The average molecular weight is 1620 g/mol. The summed E-state index contributed by atoms with van der Waals surface area (Å²) in [5, 5.41) is 2.92. The lowest BCUT2D eigenvalue weighted by molar-refractivity contribution is 0.0496. The number of alkyl carbamates (subject to hydrolysis) is 1. The summed E-state index contributed by atoms with van der Waals surface area (Å²) in [6.07, 6.45) is 13.7. The average Bonchev–Trinajstić information content (AvgIpc) is 0.823. The Morgan fingerprint density at radius 2 is 0.857 bits per heavy atom. The van der Waals surface area contributed by atoms with Gasteiger partial charge in [-0.1, -0.05) is 54.6 Å². The number of nitrogen functional groups attached to an aromatic ring is 4. The Kier molecular flexibility index (Phi) is 26.8. The van der Waals surface area contributed by atoms with Crippen molar-refractivity contribution in [1.29, 1.82) is 0 Å². The van der Waals surface area contributed by atoms with Crippen LogP contribution in [0.25, 0.3) is 0 Å². The number of hydrogen-bond donors (Lipinski definition) is 6. The fourth-order valence-corrected chi connectivity index (χ4v) is 13.6. The third-order valence-corrected chi connectivity index (χ3v) is 19.6. The first-order valence-corrected chi connectivity index (χ1v) is 37.2. The number of nitrogens with zero attached hydrogens (tertiary/aromatic N) is 13. The lowest BCUT2D eigenvalue weighted by Crippen LogP contribution is -2.46. The van der Waals surface area contributed by atoms with E-state index >= 15 is 0 Å². The maximum atomic E-state index is 12.9. The molecule has 25 nitrogen and oxygen atoms in total. The van der Waals surface area contributed by atoms with Gasteiger partial charge in [-0.3, -0.25) is 19.2 Å². The molecule has 28 heteroatoms. The normalized spacial score (nSPS) is 15.8. The summed E-state index contributed by atoms with van der Waals surface area (Å²) in [6, 6.07) is 41.8. The number of carbonyl (C=O) groups is 5. The van der Waals surface area contributed by atoms with Gasteiger partial charge in [0.1, 0.15) is 74.9 Å². The highest BCUT2D eigenvalue weighted by Gasteiger charge is 2.29. The minimum Gasteiger partial charge on any atom is -0.444 e. The molecule has 0 aliphatic carbocycles. The minimum absolute atomic E-state index is 0.0495. The maximum Gasteiger partial charge on any atom is 0.407 e. The second-order valence-electron chi connectivity index (χ2n) is 27.1. The molecule has 1 atom stereocenters. The highest BCUT2D eigenvalue weighted by molar-refractivity contribution is 9.11. The maximum absolute atomic E-state index is 12.9. The molecule has 548 valence electrons. The topological polar surface area (TPSA) is 356 Å². The van der Waals surface area contributed by atoms with Crippen molar-refractivity contribution in [3.05, 3.63) is 222 Å². The van der Waals surface area contributed by atoms with Gasteiger partial charge in [0.25, 0.3) is 0 Å². The number of benzene rings is 1. The first-order chi connectivity index (χ1) is 50.3. The van der Waals surface area contributed by atoms with E-state index in [4.69, 9.17) is 33.4 Å². The molecule has 9 aromatic rings. The van der Waals surface area contributed by atoms with Crippen LogP contribution in [0.1, 0.15) is 148 Å². The zero-order valence-electron chi connectivity index (χ0n) is 59.4. The van der Waals surface area contributed by atoms with Crippen LogP contribution in [-0.4, -0.2) is 164 Å².